The van der Waals surface area contributed by atoms with Crippen LogP contribution in [0, 0.1) is 0 Å². The second-order valence-electron chi connectivity index (χ2n) is 6.23. The number of nitrogens with one attached hydrogen (secondary N) is 1. The summed E-state index contributed by atoms with van der Waals surface area (Å²) in [5, 5.41) is 5.79. The van der Waals surface area contributed by atoms with Gasteiger partial charge in [-0.1, -0.05) is 36.4 Å². The van der Waals surface area contributed by atoms with Gasteiger partial charge in [0, 0.05) is 18.1 Å². The zero-order chi connectivity index (χ0) is 18.4. The molecule has 1 amide bonds. The molecule has 0 aliphatic heterocycles. The van der Waals surface area contributed by atoms with Crippen LogP contribution in [0.2, 0.25) is 0 Å². The van der Waals surface area contributed by atoms with E-state index in [1.165, 1.54) is 16.9 Å². The Balaban J connectivity index is 1.58. The molecule has 2 aromatic heterocycles. The molecule has 0 bridgehead atoms. The van der Waals surface area contributed by atoms with Crippen LogP contribution < -0.4 is 5.32 Å². The SMILES string of the molecule is CN(C)C(CNC(=O)Cc1csc(-c2ccccn2)n1)c1ccccc1. The average molecular weight is 366 g/mol. The highest BCUT2D eigenvalue weighted by molar-refractivity contribution is 7.13. The number of amides is 1. The first kappa shape index (κ1) is 18.2. The summed E-state index contributed by atoms with van der Waals surface area (Å²) >= 11 is 1.51. The molecule has 26 heavy (non-hydrogen) atoms. The number of hydrogen-bond acceptors (Lipinski definition) is 5. The number of benzene rings is 1. The number of rotatable bonds is 7. The van der Waals surface area contributed by atoms with E-state index >= 15 is 0 Å². The van der Waals surface area contributed by atoms with Crippen molar-refractivity contribution in [1.82, 2.24) is 20.2 Å². The lowest BCUT2D eigenvalue weighted by Gasteiger charge is -2.25. The van der Waals surface area contributed by atoms with Gasteiger partial charge >= 0.3 is 0 Å². The third-order valence-electron chi connectivity index (χ3n) is 4.08. The Morgan fingerprint density at radius 2 is 1.92 bits per heavy atom. The van der Waals surface area contributed by atoms with Gasteiger partial charge < -0.3 is 10.2 Å². The summed E-state index contributed by atoms with van der Waals surface area (Å²) in [4.78, 5) is 23.3. The minimum absolute atomic E-state index is 0.0225. The summed E-state index contributed by atoms with van der Waals surface area (Å²) in [6.45, 7) is 0.563. The summed E-state index contributed by atoms with van der Waals surface area (Å²) < 4.78 is 0. The van der Waals surface area contributed by atoms with Crippen molar-refractivity contribution in [3.05, 3.63) is 71.4 Å². The largest absolute Gasteiger partial charge is 0.354 e. The number of hydrogen-bond donors (Lipinski definition) is 1. The number of nitrogens with zero attached hydrogens (tertiary/aromatic N) is 3. The number of aromatic nitrogens is 2. The van der Waals surface area contributed by atoms with E-state index in [1.807, 2.05) is 55.9 Å². The normalized spacial score (nSPS) is 12.1. The van der Waals surface area contributed by atoms with Crippen molar-refractivity contribution >= 4 is 17.2 Å². The van der Waals surface area contributed by atoms with Crippen molar-refractivity contribution in [2.45, 2.75) is 12.5 Å². The number of likely N-dealkylation sites (N-methyl/N-ethyl adjacent to an activating group) is 1. The molecule has 0 spiro atoms. The Labute approximate surface area is 157 Å². The predicted octanol–water partition coefficient (Wildman–Crippen LogP) is 3.17. The zero-order valence-corrected chi connectivity index (χ0v) is 15.7. The maximum absolute atomic E-state index is 12.3. The Bertz CT molecular complexity index is 833. The van der Waals surface area contributed by atoms with E-state index in [0.717, 1.165) is 16.4 Å². The Morgan fingerprint density at radius 3 is 2.62 bits per heavy atom. The molecule has 3 aromatic rings. The molecule has 1 aromatic carbocycles. The molecule has 1 unspecified atom stereocenters. The van der Waals surface area contributed by atoms with Crippen molar-refractivity contribution in [1.29, 1.82) is 0 Å². The molecule has 134 valence electrons. The predicted molar refractivity (Wildman–Crippen MR) is 105 cm³/mol. The Morgan fingerprint density at radius 1 is 1.15 bits per heavy atom. The molecule has 0 radical (unpaired) electrons. The number of pyridine rings is 1. The van der Waals surface area contributed by atoms with E-state index in [4.69, 9.17) is 0 Å². The first-order valence-corrected chi connectivity index (χ1v) is 9.35. The van der Waals surface area contributed by atoms with Gasteiger partial charge in [0.2, 0.25) is 5.91 Å². The first-order chi connectivity index (χ1) is 12.6. The second kappa shape index (κ2) is 8.69. The zero-order valence-electron chi connectivity index (χ0n) is 14.9. The minimum Gasteiger partial charge on any atom is -0.354 e. The molecule has 3 rings (SSSR count). The van der Waals surface area contributed by atoms with Gasteiger partial charge in [-0.15, -0.1) is 11.3 Å². The second-order valence-corrected chi connectivity index (χ2v) is 7.09. The lowest BCUT2D eigenvalue weighted by Crippen LogP contribution is -2.35. The summed E-state index contributed by atoms with van der Waals surface area (Å²) in [5.74, 6) is -0.0225. The molecule has 0 aliphatic rings. The Hall–Kier alpha value is -2.57. The molecule has 5 nitrogen and oxygen atoms in total. The van der Waals surface area contributed by atoms with Crippen molar-refractivity contribution in [3.8, 4) is 10.7 Å². The Kier molecular flexibility index (Phi) is 6.09. The van der Waals surface area contributed by atoms with Gasteiger partial charge in [0.25, 0.3) is 0 Å². The molecule has 1 N–H and O–H groups in total. The van der Waals surface area contributed by atoms with Crippen molar-refractivity contribution in [3.63, 3.8) is 0 Å². The summed E-state index contributed by atoms with van der Waals surface area (Å²) in [6, 6.07) is 16.1. The van der Waals surface area contributed by atoms with Crippen LogP contribution in [0.3, 0.4) is 0 Å². The fourth-order valence-corrected chi connectivity index (χ4v) is 3.50. The van der Waals surface area contributed by atoms with E-state index in [2.05, 4.69) is 32.3 Å². The van der Waals surface area contributed by atoms with Crippen LogP contribution in [0.5, 0.6) is 0 Å². The number of thiazole rings is 1. The highest BCUT2D eigenvalue weighted by atomic mass is 32.1. The maximum atomic E-state index is 12.3. The molecular formula is C20H22N4OS. The molecule has 1 atom stereocenters. The van der Waals surface area contributed by atoms with Gasteiger partial charge in [0.05, 0.1) is 23.9 Å². The fourth-order valence-electron chi connectivity index (χ4n) is 2.71. The van der Waals surface area contributed by atoms with Crippen LogP contribution in [0.4, 0.5) is 0 Å². The highest BCUT2D eigenvalue weighted by Crippen LogP contribution is 2.21. The lowest BCUT2D eigenvalue weighted by atomic mass is 10.1. The van der Waals surface area contributed by atoms with E-state index in [9.17, 15) is 4.79 Å². The maximum Gasteiger partial charge on any atom is 0.226 e. The van der Waals surface area contributed by atoms with Crippen LogP contribution >= 0.6 is 11.3 Å². The molecule has 0 aliphatic carbocycles. The van der Waals surface area contributed by atoms with Crippen LogP contribution in [0.15, 0.2) is 60.1 Å². The summed E-state index contributed by atoms with van der Waals surface area (Å²) in [6.07, 6.45) is 2.02. The molecule has 0 saturated carbocycles. The average Bonchev–Trinajstić information content (AvgIpc) is 3.11. The summed E-state index contributed by atoms with van der Waals surface area (Å²) in [5.41, 5.74) is 2.79. The monoisotopic (exact) mass is 366 g/mol. The van der Waals surface area contributed by atoms with Gasteiger partial charge in [-0.05, 0) is 31.8 Å². The van der Waals surface area contributed by atoms with Gasteiger partial charge in [0.15, 0.2) is 0 Å². The van der Waals surface area contributed by atoms with E-state index in [-0.39, 0.29) is 18.4 Å². The fraction of sp³-hybridized carbons (Fsp3) is 0.250. The third-order valence-corrected chi connectivity index (χ3v) is 4.99. The third kappa shape index (κ3) is 4.74. The molecule has 6 heteroatoms. The van der Waals surface area contributed by atoms with E-state index in [1.54, 1.807) is 6.20 Å². The molecular weight excluding hydrogens is 344 g/mol. The van der Waals surface area contributed by atoms with Crippen molar-refractivity contribution in [2.75, 3.05) is 20.6 Å². The van der Waals surface area contributed by atoms with Crippen LogP contribution in [0.1, 0.15) is 17.3 Å². The van der Waals surface area contributed by atoms with Crippen LogP contribution in [0.25, 0.3) is 10.7 Å². The minimum atomic E-state index is -0.0225. The van der Waals surface area contributed by atoms with Gasteiger partial charge in [-0.3, -0.25) is 9.78 Å². The van der Waals surface area contributed by atoms with E-state index < -0.39 is 0 Å². The lowest BCUT2D eigenvalue weighted by molar-refractivity contribution is -0.120. The van der Waals surface area contributed by atoms with Gasteiger partial charge in [0.1, 0.15) is 5.01 Å². The van der Waals surface area contributed by atoms with Crippen LogP contribution in [-0.2, 0) is 11.2 Å². The molecule has 0 saturated heterocycles. The molecule has 0 fully saturated rings. The number of carbonyl (C=O) groups excluding carboxylic acids is 1. The standard InChI is InChI=1S/C20H22N4OS/c1-24(2)18(15-8-4-3-5-9-15)13-22-19(25)12-16-14-26-20(23-16)17-10-6-7-11-21-17/h3-11,14,18H,12-13H2,1-2H3,(H,22,25). The first-order valence-electron chi connectivity index (χ1n) is 8.47. The molecule has 2 heterocycles. The van der Waals surface area contributed by atoms with Crippen molar-refractivity contribution in [2.24, 2.45) is 0 Å². The van der Waals surface area contributed by atoms with Gasteiger partial charge in [-0.2, -0.15) is 0 Å². The van der Waals surface area contributed by atoms with Gasteiger partial charge in [-0.25, -0.2) is 4.98 Å². The topological polar surface area (TPSA) is 58.1 Å². The smallest absolute Gasteiger partial charge is 0.226 e. The van der Waals surface area contributed by atoms with Crippen molar-refractivity contribution < 1.29 is 4.79 Å². The van der Waals surface area contributed by atoms with Crippen LogP contribution in [-0.4, -0.2) is 41.4 Å². The number of carbonyl (C=O) groups is 1. The summed E-state index contributed by atoms with van der Waals surface area (Å²) in [7, 11) is 4.03. The highest BCUT2D eigenvalue weighted by Gasteiger charge is 2.16. The quantitative estimate of drug-likeness (QED) is 0.698. The van der Waals surface area contributed by atoms with E-state index in [0.29, 0.717) is 6.54 Å².